The van der Waals surface area contributed by atoms with Crippen LogP contribution in [0.3, 0.4) is 0 Å². The van der Waals surface area contributed by atoms with Crippen LogP contribution in [0, 0.1) is 13.8 Å². The number of para-hydroxylation sites is 2. The Morgan fingerprint density at radius 1 is 0.615 bits per heavy atom. The van der Waals surface area contributed by atoms with Gasteiger partial charge in [-0.15, -0.1) is 0 Å². The first-order valence-corrected chi connectivity index (χ1v) is 22.1. The van der Waals surface area contributed by atoms with Crippen LogP contribution in [0.4, 0.5) is 20.4 Å². The molecule has 4 heterocycles. The molecule has 0 spiro atoms. The molecule has 2 aliphatic rings. The van der Waals surface area contributed by atoms with Crippen molar-refractivity contribution in [1.29, 1.82) is 0 Å². The van der Waals surface area contributed by atoms with Gasteiger partial charge in [-0.2, -0.15) is 0 Å². The molecule has 0 saturated carbocycles. The number of carbonyl (C=O) groups excluding carboxylic acids is 2. The number of fused-ring (bicyclic) bond motifs is 2. The number of anilines is 2. The topological polar surface area (TPSA) is 159 Å². The SMILES string of the molecule is Cc1ccc2c(N3CCN(C(=O)CCC(C)(C)F)CC3)nc(-c3ccccc3O)nc2c1.Cc1ccc2c(N3CCN(C(=O)[C@H](O)CC(C)(C)F)CC3)nc(-c3ccccc3O)nc2c1. The lowest BCUT2D eigenvalue weighted by Gasteiger charge is -2.37. The van der Waals surface area contributed by atoms with Crippen LogP contribution in [0.15, 0.2) is 84.9 Å². The monoisotopic (exact) mass is 888 g/mol. The van der Waals surface area contributed by atoms with E-state index in [2.05, 4.69) is 9.80 Å². The van der Waals surface area contributed by atoms with Crippen LogP contribution in [-0.2, 0) is 9.59 Å². The van der Waals surface area contributed by atoms with Crippen LogP contribution in [-0.4, -0.2) is 127 Å². The molecule has 2 aliphatic heterocycles. The maximum Gasteiger partial charge on any atom is 0.251 e. The Labute approximate surface area is 378 Å². The predicted molar refractivity (Wildman–Crippen MR) is 251 cm³/mol. The molecule has 342 valence electrons. The zero-order valence-corrected chi connectivity index (χ0v) is 37.9. The molecular formula is C50H58F2N8O5. The fraction of sp³-hybridized carbons (Fsp3) is 0.400. The quantitative estimate of drug-likeness (QED) is 0.123. The third-order valence-corrected chi connectivity index (χ3v) is 11.7. The Morgan fingerprint density at radius 3 is 1.46 bits per heavy atom. The summed E-state index contributed by atoms with van der Waals surface area (Å²) in [5, 5.41) is 32.6. The number of carbonyl (C=O) groups is 2. The van der Waals surface area contributed by atoms with E-state index in [4.69, 9.17) is 19.9 Å². The Hall–Kier alpha value is -6.48. The summed E-state index contributed by atoms with van der Waals surface area (Å²) in [6.07, 6.45) is -1.14. The Morgan fingerprint density at radius 2 is 1.05 bits per heavy atom. The molecule has 65 heavy (non-hydrogen) atoms. The van der Waals surface area contributed by atoms with Gasteiger partial charge in [-0.25, -0.2) is 28.7 Å². The number of aromatic nitrogens is 4. The number of piperazine rings is 2. The van der Waals surface area contributed by atoms with Crippen LogP contribution in [0.5, 0.6) is 11.5 Å². The van der Waals surface area contributed by atoms with E-state index in [0.29, 0.717) is 75.1 Å². The minimum Gasteiger partial charge on any atom is -0.507 e. The molecule has 2 saturated heterocycles. The van der Waals surface area contributed by atoms with Crippen LogP contribution in [0.2, 0.25) is 0 Å². The van der Waals surface area contributed by atoms with Crippen LogP contribution in [0.1, 0.15) is 58.1 Å². The second-order valence-electron chi connectivity index (χ2n) is 18.2. The predicted octanol–water partition coefficient (Wildman–Crippen LogP) is 7.95. The second kappa shape index (κ2) is 19.3. The van der Waals surface area contributed by atoms with Crippen molar-refractivity contribution in [3.8, 4) is 34.3 Å². The summed E-state index contributed by atoms with van der Waals surface area (Å²) in [6, 6.07) is 26.1. The van der Waals surface area contributed by atoms with Crippen molar-refractivity contribution in [2.24, 2.45) is 0 Å². The molecular weight excluding hydrogens is 831 g/mol. The molecule has 15 heteroatoms. The number of hydrogen-bond donors (Lipinski definition) is 3. The van der Waals surface area contributed by atoms with Gasteiger partial charge in [0.1, 0.15) is 40.6 Å². The first-order valence-electron chi connectivity index (χ1n) is 22.1. The molecule has 1 atom stereocenters. The summed E-state index contributed by atoms with van der Waals surface area (Å²) in [5.74, 6) is 2.22. The van der Waals surface area contributed by atoms with E-state index in [1.54, 1.807) is 46.2 Å². The molecule has 0 unspecified atom stereocenters. The fourth-order valence-corrected chi connectivity index (χ4v) is 8.12. The number of aliphatic hydroxyl groups excluding tert-OH is 1. The van der Waals surface area contributed by atoms with Crippen molar-refractivity contribution in [3.05, 3.63) is 96.1 Å². The van der Waals surface area contributed by atoms with Gasteiger partial charge in [0, 0.05) is 76.0 Å². The second-order valence-corrected chi connectivity index (χ2v) is 18.2. The highest BCUT2D eigenvalue weighted by Crippen LogP contribution is 2.34. The number of rotatable bonds is 10. The average molecular weight is 889 g/mol. The summed E-state index contributed by atoms with van der Waals surface area (Å²) in [4.78, 5) is 51.7. The summed E-state index contributed by atoms with van der Waals surface area (Å²) in [6.45, 7) is 13.9. The van der Waals surface area contributed by atoms with E-state index in [-0.39, 0.29) is 36.7 Å². The third kappa shape index (κ3) is 11.4. The molecule has 3 N–H and O–H groups in total. The van der Waals surface area contributed by atoms with E-state index in [9.17, 15) is 33.7 Å². The Balaban J connectivity index is 0.000000194. The van der Waals surface area contributed by atoms with Crippen LogP contribution in [0.25, 0.3) is 44.6 Å². The minimum atomic E-state index is -1.62. The van der Waals surface area contributed by atoms with Gasteiger partial charge in [0.05, 0.1) is 22.2 Å². The largest absolute Gasteiger partial charge is 0.507 e. The summed E-state index contributed by atoms with van der Waals surface area (Å²) in [5.41, 5.74) is 1.93. The summed E-state index contributed by atoms with van der Waals surface area (Å²) >= 11 is 0. The maximum absolute atomic E-state index is 13.9. The number of phenols is 2. The van der Waals surface area contributed by atoms with E-state index < -0.39 is 23.3 Å². The minimum absolute atomic E-state index is 0.00607. The number of nitrogens with zero attached hydrogens (tertiary/aromatic N) is 8. The highest BCUT2D eigenvalue weighted by Gasteiger charge is 2.32. The molecule has 0 bridgehead atoms. The van der Waals surface area contributed by atoms with Gasteiger partial charge in [0.15, 0.2) is 11.6 Å². The normalized spacial score (nSPS) is 15.2. The Kier molecular flexibility index (Phi) is 13.8. The first-order chi connectivity index (χ1) is 30.8. The average Bonchev–Trinajstić information content (AvgIpc) is 3.27. The third-order valence-electron chi connectivity index (χ3n) is 11.7. The maximum atomic E-state index is 13.9. The number of halogens is 2. The lowest BCUT2D eigenvalue weighted by atomic mass is 10.0. The van der Waals surface area contributed by atoms with Gasteiger partial charge in [-0.05, 0) is 108 Å². The van der Waals surface area contributed by atoms with Crippen LogP contribution >= 0.6 is 0 Å². The number of alkyl halides is 2. The van der Waals surface area contributed by atoms with Crippen molar-refractivity contribution >= 4 is 45.3 Å². The van der Waals surface area contributed by atoms with E-state index >= 15 is 0 Å². The van der Waals surface area contributed by atoms with Gasteiger partial charge in [0.2, 0.25) is 5.91 Å². The number of phenolic OH excluding ortho intramolecular Hbond substituents is 2. The van der Waals surface area contributed by atoms with Crippen molar-refractivity contribution in [3.63, 3.8) is 0 Å². The number of aliphatic hydroxyl groups is 1. The van der Waals surface area contributed by atoms with Gasteiger partial charge in [-0.1, -0.05) is 36.4 Å². The van der Waals surface area contributed by atoms with Gasteiger partial charge in [-0.3, -0.25) is 9.59 Å². The van der Waals surface area contributed by atoms with E-state index in [0.717, 1.165) is 44.6 Å². The van der Waals surface area contributed by atoms with Crippen molar-refractivity contribution in [1.82, 2.24) is 29.7 Å². The molecule has 4 aromatic carbocycles. The van der Waals surface area contributed by atoms with Gasteiger partial charge in [0.25, 0.3) is 5.91 Å². The van der Waals surface area contributed by atoms with Crippen molar-refractivity contribution in [2.45, 2.75) is 78.2 Å². The standard InChI is InChI=1S/C25H29FN4O3.C25H29FN4O2/c1-16-8-9-17-19(14-16)27-22(18-6-4-5-7-20(18)31)28-23(17)29-10-12-30(13-11-29)24(33)21(32)15-25(2,3)26;1-17-8-9-18-20(16-17)27-23(19-6-4-5-7-21(19)31)28-24(18)30-14-12-29(13-15-30)22(32)10-11-25(2,3)26/h4-9,14,21,31-32H,10-13,15H2,1-3H3;4-9,16,31H,10-15H2,1-3H3/t21-;/m1./s1. The number of amides is 2. The van der Waals surface area contributed by atoms with Crippen molar-refractivity contribution in [2.75, 3.05) is 62.2 Å². The molecule has 8 rings (SSSR count). The summed E-state index contributed by atoms with van der Waals surface area (Å²) < 4.78 is 27.6. The smallest absolute Gasteiger partial charge is 0.251 e. The van der Waals surface area contributed by atoms with E-state index in [1.807, 2.05) is 62.4 Å². The number of benzene rings is 4. The van der Waals surface area contributed by atoms with E-state index in [1.165, 1.54) is 27.7 Å². The van der Waals surface area contributed by atoms with Crippen LogP contribution < -0.4 is 9.80 Å². The number of aryl methyl sites for hydroxylation is 2. The summed E-state index contributed by atoms with van der Waals surface area (Å²) in [7, 11) is 0. The molecule has 0 aliphatic carbocycles. The number of aromatic hydroxyl groups is 2. The van der Waals surface area contributed by atoms with Crippen molar-refractivity contribution < 1.29 is 33.7 Å². The lowest BCUT2D eigenvalue weighted by molar-refractivity contribution is -0.142. The highest BCUT2D eigenvalue weighted by atomic mass is 19.1. The Bertz CT molecular complexity index is 2670. The molecule has 2 amide bonds. The molecule has 2 fully saturated rings. The zero-order chi connectivity index (χ0) is 46.6. The van der Waals surface area contributed by atoms with Gasteiger partial charge >= 0.3 is 0 Å². The first kappa shape index (κ1) is 46.5. The van der Waals surface area contributed by atoms with Gasteiger partial charge < -0.3 is 34.9 Å². The zero-order valence-electron chi connectivity index (χ0n) is 37.9. The molecule has 6 aromatic rings. The molecule has 2 aromatic heterocycles. The lowest BCUT2D eigenvalue weighted by Crippen LogP contribution is -2.52. The highest BCUT2D eigenvalue weighted by molar-refractivity contribution is 5.93. The molecule has 0 radical (unpaired) electrons. The fourth-order valence-electron chi connectivity index (χ4n) is 8.12. The molecule has 13 nitrogen and oxygen atoms in total. The number of hydrogen-bond acceptors (Lipinski definition) is 11.